The smallest absolute Gasteiger partial charge is 0.410 e. The molecule has 0 bridgehead atoms. The minimum absolute atomic E-state index is 0.290. The molecule has 1 aliphatic rings. The zero-order chi connectivity index (χ0) is 19.8. The van der Waals surface area contributed by atoms with Gasteiger partial charge in [-0.05, 0) is 55.2 Å². The van der Waals surface area contributed by atoms with Crippen LogP contribution in [0.3, 0.4) is 0 Å². The lowest BCUT2D eigenvalue weighted by atomic mass is 9.92. The summed E-state index contributed by atoms with van der Waals surface area (Å²) >= 11 is 0. The number of nitrogens with zero attached hydrogens (tertiary/aromatic N) is 2. The van der Waals surface area contributed by atoms with Gasteiger partial charge >= 0.3 is 6.09 Å². The molecule has 138 valence electrons. The highest BCUT2D eigenvalue weighted by atomic mass is 16.6. The lowest BCUT2D eigenvalue weighted by Gasteiger charge is -2.24. The number of amides is 2. The molecule has 2 aromatic carbocycles. The molecule has 0 unspecified atom stereocenters. The molecule has 1 heterocycles. The third-order valence-corrected chi connectivity index (χ3v) is 4.34. The lowest BCUT2D eigenvalue weighted by molar-refractivity contribution is 0.0242. The SMILES string of the molecule is CC(C)(C)OC(=O)N1Cc2cccc(-c3ccc(C#N)cc3C(N)=O)c2C1. The van der Waals surface area contributed by atoms with Gasteiger partial charge in [0.05, 0.1) is 18.2 Å². The van der Waals surface area contributed by atoms with Gasteiger partial charge in [-0.15, -0.1) is 0 Å². The van der Waals surface area contributed by atoms with Crippen molar-refractivity contribution in [2.75, 3.05) is 0 Å². The lowest BCUT2D eigenvalue weighted by Crippen LogP contribution is -2.33. The van der Waals surface area contributed by atoms with Crippen molar-refractivity contribution in [3.63, 3.8) is 0 Å². The van der Waals surface area contributed by atoms with E-state index in [0.717, 1.165) is 16.7 Å². The fourth-order valence-electron chi connectivity index (χ4n) is 3.18. The number of carbonyl (C=O) groups is 2. The number of nitriles is 1. The molecular formula is C21H21N3O3. The number of carbonyl (C=O) groups excluding carboxylic acids is 2. The first-order chi connectivity index (χ1) is 12.7. The van der Waals surface area contributed by atoms with E-state index in [0.29, 0.717) is 24.2 Å². The minimum atomic E-state index is -0.596. The van der Waals surface area contributed by atoms with Crippen LogP contribution in [0.5, 0.6) is 0 Å². The summed E-state index contributed by atoms with van der Waals surface area (Å²) in [5.41, 5.74) is 9.06. The first kappa shape index (κ1) is 18.5. The van der Waals surface area contributed by atoms with Crippen LogP contribution in [0.25, 0.3) is 11.1 Å². The van der Waals surface area contributed by atoms with Crippen molar-refractivity contribution in [2.45, 2.75) is 39.5 Å². The zero-order valence-electron chi connectivity index (χ0n) is 15.6. The van der Waals surface area contributed by atoms with Crippen LogP contribution in [-0.4, -0.2) is 22.5 Å². The fourth-order valence-corrected chi connectivity index (χ4v) is 3.18. The number of hydrogen-bond acceptors (Lipinski definition) is 4. The van der Waals surface area contributed by atoms with Gasteiger partial charge in [-0.25, -0.2) is 4.79 Å². The second-order valence-corrected chi connectivity index (χ2v) is 7.52. The molecule has 2 N–H and O–H groups in total. The minimum Gasteiger partial charge on any atom is -0.444 e. The quantitative estimate of drug-likeness (QED) is 0.882. The number of nitrogens with two attached hydrogens (primary N) is 1. The average molecular weight is 363 g/mol. The molecule has 3 rings (SSSR count). The van der Waals surface area contributed by atoms with Crippen LogP contribution in [-0.2, 0) is 17.8 Å². The number of rotatable bonds is 2. The molecule has 0 atom stereocenters. The second-order valence-electron chi connectivity index (χ2n) is 7.52. The van der Waals surface area contributed by atoms with Gasteiger partial charge in [-0.1, -0.05) is 24.3 Å². The summed E-state index contributed by atoms with van der Waals surface area (Å²) in [5.74, 6) is -0.596. The summed E-state index contributed by atoms with van der Waals surface area (Å²) in [6, 6.07) is 12.6. The number of primary amides is 1. The molecular weight excluding hydrogens is 342 g/mol. The van der Waals surface area contributed by atoms with Crippen molar-refractivity contribution in [3.05, 3.63) is 58.7 Å². The van der Waals surface area contributed by atoms with Crippen molar-refractivity contribution in [1.82, 2.24) is 4.90 Å². The molecule has 0 fully saturated rings. The summed E-state index contributed by atoms with van der Waals surface area (Å²) in [7, 11) is 0. The molecule has 0 aromatic heterocycles. The summed E-state index contributed by atoms with van der Waals surface area (Å²) < 4.78 is 5.47. The van der Waals surface area contributed by atoms with E-state index in [9.17, 15) is 9.59 Å². The van der Waals surface area contributed by atoms with Crippen molar-refractivity contribution >= 4 is 12.0 Å². The van der Waals surface area contributed by atoms with Crippen molar-refractivity contribution in [2.24, 2.45) is 5.73 Å². The van der Waals surface area contributed by atoms with E-state index in [-0.39, 0.29) is 11.7 Å². The van der Waals surface area contributed by atoms with Crippen LogP contribution < -0.4 is 5.73 Å². The number of fused-ring (bicyclic) bond motifs is 1. The summed E-state index contributed by atoms with van der Waals surface area (Å²) in [6.45, 7) is 6.32. The Morgan fingerprint density at radius 2 is 1.89 bits per heavy atom. The third-order valence-electron chi connectivity index (χ3n) is 4.34. The molecule has 2 aromatic rings. The Morgan fingerprint density at radius 3 is 2.52 bits per heavy atom. The van der Waals surface area contributed by atoms with E-state index in [2.05, 4.69) is 0 Å². The van der Waals surface area contributed by atoms with Crippen molar-refractivity contribution < 1.29 is 14.3 Å². The topological polar surface area (TPSA) is 96.4 Å². The Balaban J connectivity index is 2.00. The predicted molar refractivity (Wildman–Crippen MR) is 101 cm³/mol. The van der Waals surface area contributed by atoms with E-state index in [1.807, 2.05) is 45.0 Å². The molecule has 0 spiro atoms. The van der Waals surface area contributed by atoms with E-state index >= 15 is 0 Å². The maximum absolute atomic E-state index is 12.4. The molecule has 27 heavy (non-hydrogen) atoms. The largest absolute Gasteiger partial charge is 0.444 e. The Labute approximate surface area is 158 Å². The van der Waals surface area contributed by atoms with Gasteiger partial charge in [0.25, 0.3) is 0 Å². The Kier molecular flexibility index (Phi) is 4.63. The predicted octanol–water partition coefficient (Wildman–Crippen LogP) is 3.57. The van der Waals surface area contributed by atoms with Crippen molar-refractivity contribution in [3.8, 4) is 17.2 Å². The standard InChI is InChI=1S/C21H21N3O3/c1-21(2,3)27-20(26)24-11-14-5-4-6-15(18(14)12-24)16-8-7-13(10-22)9-17(16)19(23)25/h4-9H,11-12H2,1-3H3,(H2,23,25). The van der Waals surface area contributed by atoms with Gasteiger partial charge in [0.2, 0.25) is 5.91 Å². The van der Waals surface area contributed by atoms with E-state index in [1.54, 1.807) is 17.0 Å². The first-order valence-electron chi connectivity index (χ1n) is 8.62. The van der Waals surface area contributed by atoms with Crippen molar-refractivity contribution in [1.29, 1.82) is 5.26 Å². The van der Waals surface area contributed by atoms with Crippen LogP contribution in [0.4, 0.5) is 4.79 Å². The van der Waals surface area contributed by atoms with Gasteiger partial charge in [0.1, 0.15) is 5.60 Å². The summed E-state index contributed by atoms with van der Waals surface area (Å²) in [4.78, 5) is 26.0. The van der Waals surface area contributed by atoms with Gasteiger partial charge in [-0.3, -0.25) is 9.69 Å². The van der Waals surface area contributed by atoms with E-state index in [1.165, 1.54) is 6.07 Å². The molecule has 0 saturated heterocycles. The highest BCUT2D eigenvalue weighted by Crippen LogP contribution is 2.35. The van der Waals surface area contributed by atoms with Gasteiger partial charge in [0.15, 0.2) is 0 Å². The highest BCUT2D eigenvalue weighted by Gasteiger charge is 2.30. The maximum atomic E-state index is 12.4. The zero-order valence-corrected chi connectivity index (χ0v) is 15.6. The van der Waals surface area contributed by atoms with Gasteiger partial charge in [-0.2, -0.15) is 5.26 Å². The van der Waals surface area contributed by atoms with Crippen LogP contribution >= 0.6 is 0 Å². The number of ether oxygens (including phenoxy) is 1. The molecule has 0 saturated carbocycles. The van der Waals surface area contributed by atoms with Crippen LogP contribution in [0.15, 0.2) is 36.4 Å². The number of hydrogen-bond donors (Lipinski definition) is 1. The number of benzene rings is 2. The average Bonchev–Trinajstić information content (AvgIpc) is 3.04. The normalized spacial score (nSPS) is 13.0. The van der Waals surface area contributed by atoms with E-state index in [4.69, 9.17) is 15.7 Å². The highest BCUT2D eigenvalue weighted by molar-refractivity contribution is 6.00. The van der Waals surface area contributed by atoms with Crippen LogP contribution in [0.1, 0.15) is 47.8 Å². The van der Waals surface area contributed by atoms with Crippen LogP contribution in [0.2, 0.25) is 0 Å². The molecule has 1 aliphatic heterocycles. The first-order valence-corrected chi connectivity index (χ1v) is 8.62. The second kappa shape index (κ2) is 6.76. The Hall–Kier alpha value is -3.33. The molecule has 2 amide bonds. The molecule has 6 heteroatoms. The Bertz CT molecular complexity index is 968. The van der Waals surface area contributed by atoms with Crippen LogP contribution in [0, 0.1) is 11.3 Å². The molecule has 0 aliphatic carbocycles. The monoisotopic (exact) mass is 363 g/mol. The fraction of sp³-hybridized carbons (Fsp3) is 0.286. The Morgan fingerprint density at radius 1 is 1.15 bits per heavy atom. The maximum Gasteiger partial charge on any atom is 0.410 e. The molecule has 0 radical (unpaired) electrons. The summed E-state index contributed by atoms with van der Waals surface area (Å²) in [6.07, 6.45) is -0.375. The van der Waals surface area contributed by atoms with E-state index < -0.39 is 11.5 Å². The van der Waals surface area contributed by atoms with Gasteiger partial charge in [0, 0.05) is 12.1 Å². The third kappa shape index (κ3) is 3.77. The molecule has 6 nitrogen and oxygen atoms in total. The van der Waals surface area contributed by atoms with Gasteiger partial charge < -0.3 is 10.5 Å². The summed E-state index contributed by atoms with van der Waals surface area (Å²) in [5, 5.41) is 9.09.